The van der Waals surface area contributed by atoms with Gasteiger partial charge in [-0.1, -0.05) is 54.6 Å². The van der Waals surface area contributed by atoms with E-state index in [2.05, 4.69) is 41.7 Å². The van der Waals surface area contributed by atoms with Crippen LogP contribution in [0.25, 0.3) is 0 Å². The molecule has 0 unspecified atom stereocenters. The van der Waals surface area contributed by atoms with Gasteiger partial charge in [-0.3, -0.25) is 0 Å². The van der Waals surface area contributed by atoms with E-state index in [9.17, 15) is 5.11 Å². The van der Waals surface area contributed by atoms with Gasteiger partial charge in [-0.25, -0.2) is 0 Å². The van der Waals surface area contributed by atoms with E-state index in [-0.39, 0.29) is 12.6 Å². The summed E-state index contributed by atoms with van der Waals surface area (Å²) >= 11 is 0. The SMILES string of the molecule is OC[C@H](NCc1ccccc1C1CC1)c1ccccc1. The number of hydrogen-bond donors (Lipinski definition) is 2. The Morgan fingerprint density at radius 1 is 1.00 bits per heavy atom. The molecule has 0 aliphatic heterocycles. The van der Waals surface area contributed by atoms with Gasteiger partial charge < -0.3 is 10.4 Å². The van der Waals surface area contributed by atoms with Gasteiger partial charge in [0.05, 0.1) is 12.6 Å². The number of hydrogen-bond acceptors (Lipinski definition) is 2. The predicted octanol–water partition coefficient (Wildman–Crippen LogP) is 3.39. The molecule has 104 valence electrons. The first-order valence-electron chi connectivity index (χ1n) is 7.35. The van der Waals surface area contributed by atoms with E-state index in [1.54, 1.807) is 0 Å². The zero-order valence-corrected chi connectivity index (χ0v) is 11.6. The van der Waals surface area contributed by atoms with Crippen molar-refractivity contribution in [1.82, 2.24) is 5.32 Å². The molecule has 0 amide bonds. The molecule has 2 aromatic rings. The normalized spacial score (nSPS) is 16.1. The Kier molecular flexibility index (Phi) is 4.14. The van der Waals surface area contributed by atoms with Crippen molar-refractivity contribution < 1.29 is 5.11 Å². The van der Waals surface area contributed by atoms with Crippen molar-refractivity contribution in [3.63, 3.8) is 0 Å². The Morgan fingerprint density at radius 2 is 1.70 bits per heavy atom. The smallest absolute Gasteiger partial charge is 0.0626 e. The summed E-state index contributed by atoms with van der Waals surface area (Å²) in [5.74, 6) is 0.761. The molecule has 0 heterocycles. The third-order valence-electron chi connectivity index (χ3n) is 4.00. The minimum Gasteiger partial charge on any atom is -0.394 e. The van der Waals surface area contributed by atoms with Crippen LogP contribution in [0.2, 0.25) is 0 Å². The van der Waals surface area contributed by atoms with Crippen LogP contribution in [-0.4, -0.2) is 11.7 Å². The highest BCUT2D eigenvalue weighted by Gasteiger charge is 2.25. The highest BCUT2D eigenvalue weighted by Crippen LogP contribution is 2.41. The van der Waals surface area contributed by atoms with E-state index in [4.69, 9.17) is 0 Å². The van der Waals surface area contributed by atoms with Crippen LogP contribution in [0.1, 0.15) is 41.5 Å². The highest BCUT2D eigenvalue weighted by atomic mass is 16.3. The summed E-state index contributed by atoms with van der Waals surface area (Å²) in [5, 5.41) is 13.1. The van der Waals surface area contributed by atoms with Crippen molar-refractivity contribution >= 4 is 0 Å². The molecule has 1 aliphatic rings. The van der Waals surface area contributed by atoms with Crippen LogP contribution in [0.3, 0.4) is 0 Å². The van der Waals surface area contributed by atoms with E-state index < -0.39 is 0 Å². The molecule has 20 heavy (non-hydrogen) atoms. The minimum absolute atomic E-state index is 0.00320. The van der Waals surface area contributed by atoms with Crippen LogP contribution in [0.15, 0.2) is 54.6 Å². The standard InChI is InChI=1S/C18H21NO/c20-13-18(15-6-2-1-3-7-15)19-12-16-8-4-5-9-17(16)14-10-11-14/h1-9,14,18-20H,10-13H2/t18-/m0/s1. The lowest BCUT2D eigenvalue weighted by Crippen LogP contribution is -2.24. The maximum absolute atomic E-state index is 9.59. The van der Waals surface area contributed by atoms with Crippen LogP contribution < -0.4 is 5.32 Å². The first kappa shape index (κ1) is 13.3. The maximum Gasteiger partial charge on any atom is 0.0626 e. The minimum atomic E-state index is 0.00320. The predicted molar refractivity (Wildman–Crippen MR) is 81.5 cm³/mol. The van der Waals surface area contributed by atoms with Gasteiger partial charge in [0, 0.05) is 6.54 Å². The van der Waals surface area contributed by atoms with Gasteiger partial charge >= 0.3 is 0 Å². The molecule has 1 saturated carbocycles. The zero-order valence-electron chi connectivity index (χ0n) is 11.6. The van der Waals surface area contributed by atoms with Crippen molar-refractivity contribution in [3.8, 4) is 0 Å². The summed E-state index contributed by atoms with van der Waals surface area (Å²) in [6.45, 7) is 0.933. The van der Waals surface area contributed by atoms with Gasteiger partial charge in [0.15, 0.2) is 0 Å². The lowest BCUT2D eigenvalue weighted by atomic mass is 10.0. The van der Waals surface area contributed by atoms with Gasteiger partial charge in [-0.2, -0.15) is 0 Å². The van der Waals surface area contributed by atoms with Crippen LogP contribution in [0.4, 0.5) is 0 Å². The molecule has 0 radical (unpaired) electrons. The summed E-state index contributed by atoms with van der Waals surface area (Å²) in [4.78, 5) is 0. The third kappa shape index (κ3) is 3.09. The van der Waals surface area contributed by atoms with E-state index in [0.29, 0.717) is 0 Å². The molecule has 0 bridgehead atoms. The molecular formula is C18H21NO. The van der Waals surface area contributed by atoms with Crippen molar-refractivity contribution in [2.75, 3.05) is 6.61 Å². The Balaban J connectivity index is 1.69. The monoisotopic (exact) mass is 267 g/mol. The Morgan fingerprint density at radius 3 is 2.40 bits per heavy atom. The fourth-order valence-corrected chi connectivity index (χ4v) is 2.69. The van der Waals surface area contributed by atoms with Crippen LogP contribution >= 0.6 is 0 Å². The van der Waals surface area contributed by atoms with Gasteiger partial charge in [-0.05, 0) is 35.4 Å². The van der Waals surface area contributed by atoms with Gasteiger partial charge in [0.2, 0.25) is 0 Å². The topological polar surface area (TPSA) is 32.3 Å². The number of rotatable bonds is 6. The number of nitrogens with one attached hydrogen (secondary N) is 1. The van der Waals surface area contributed by atoms with Crippen molar-refractivity contribution in [1.29, 1.82) is 0 Å². The van der Waals surface area contributed by atoms with E-state index >= 15 is 0 Å². The quantitative estimate of drug-likeness (QED) is 0.841. The summed E-state index contributed by atoms with van der Waals surface area (Å²) in [7, 11) is 0. The average molecular weight is 267 g/mol. The summed E-state index contributed by atoms with van der Waals surface area (Å²) in [5.41, 5.74) is 3.98. The number of aliphatic hydroxyl groups is 1. The average Bonchev–Trinajstić information content (AvgIpc) is 3.34. The highest BCUT2D eigenvalue weighted by molar-refractivity contribution is 5.33. The second-order valence-electron chi connectivity index (χ2n) is 5.50. The molecule has 2 N–H and O–H groups in total. The van der Waals surface area contributed by atoms with E-state index in [1.165, 1.54) is 24.0 Å². The lowest BCUT2D eigenvalue weighted by Gasteiger charge is -2.18. The van der Waals surface area contributed by atoms with Gasteiger partial charge in [-0.15, -0.1) is 0 Å². The van der Waals surface area contributed by atoms with Crippen molar-refractivity contribution in [2.45, 2.75) is 31.3 Å². The summed E-state index contributed by atoms with van der Waals surface area (Å²) < 4.78 is 0. The molecule has 1 atom stereocenters. The molecule has 3 rings (SSSR count). The zero-order chi connectivity index (χ0) is 13.8. The second kappa shape index (κ2) is 6.21. The largest absolute Gasteiger partial charge is 0.394 e. The molecule has 2 nitrogen and oxygen atoms in total. The summed E-state index contributed by atoms with van der Waals surface area (Å²) in [6, 6.07) is 18.8. The Bertz CT molecular complexity index is 548. The molecular weight excluding hydrogens is 246 g/mol. The van der Waals surface area contributed by atoms with Crippen LogP contribution in [0, 0.1) is 0 Å². The van der Waals surface area contributed by atoms with Gasteiger partial charge in [0.1, 0.15) is 0 Å². The first-order chi connectivity index (χ1) is 9.88. The van der Waals surface area contributed by atoms with Crippen molar-refractivity contribution in [2.24, 2.45) is 0 Å². The Hall–Kier alpha value is -1.64. The Labute approximate surface area is 120 Å². The van der Waals surface area contributed by atoms with E-state index in [0.717, 1.165) is 18.0 Å². The third-order valence-corrected chi connectivity index (χ3v) is 4.00. The summed E-state index contributed by atoms with van der Waals surface area (Å²) in [6.07, 6.45) is 2.64. The van der Waals surface area contributed by atoms with Crippen LogP contribution in [0.5, 0.6) is 0 Å². The molecule has 0 aromatic heterocycles. The maximum atomic E-state index is 9.59. The lowest BCUT2D eigenvalue weighted by molar-refractivity contribution is 0.243. The molecule has 2 heteroatoms. The molecule has 0 saturated heterocycles. The second-order valence-corrected chi connectivity index (χ2v) is 5.50. The fraction of sp³-hybridized carbons (Fsp3) is 0.333. The van der Waals surface area contributed by atoms with Crippen LogP contribution in [-0.2, 0) is 6.54 Å². The molecule has 2 aromatic carbocycles. The first-order valence-corrected chi connectivity index (χ1v) is 7.35. The number of benzene rings is 2. The van der Waals surface area contributed by atoms with Gasteiger partial charge in [0.25, 0.3) is 0 Å². The van der Waals surface area contributed by atoms with E-state index in [1.807, 2.05) is 18.2 Å². The fourth-order valence-electron chi connectivity index (χ4n) is 2.69. The molecule has 1 aliphatic carbocycles. The molecule has 1 fully saturated rings. The van der Waals surface area contributed by atoms with Crippen molar-refractivity contribution in [3.05, 3.63) is 71.3 Å². The number of aliphatic hydroxyl groups excluding tert-OH is 1. The molecule has 0 spiro atoms.